The number of benzene rings is 1. The predicted molar refractivity (Wildman–Crippen MR) is 140 cm³/mol. The van der Waals surface area contributed by atoms with Gasteiger partial charge in [-0.1, -0.05) is 17.3 Å². The third kappa shape index (κ3) is 4.52. The van der Waals surface area contributed by atoms with Crippen molar-refractivity contribution in [2.45, 2.75) is 26.2 Å². The lowest BCUT2D eigenvalue weighted by Gasteiger charge is -2.40. The lowest BCUT2D eigenvalue weighted by molar-refractivity contribution is -0.122. The molecule has 3 aromatic rings. The van der Waals surface area contributed by atoms with Gasteiger partial charge in [0.25, 0.3) is 11.8 Å². The summed E-state index contributed by atoms with van der Waals surface area (Å²) in [5, 5.41) is 8.69. The third-order valence-electron chi connectivity index (χ3n) is 7.81. The molecule has 1 saturated heterocycles. The first-order valence-corrected chi connectivity index (χ1v) is 13.9. The highest BCUT2D eigenvalue weighted by Gasteiger charge is 2.53. The highest BCUT2D eigenvalue weighted by molar-refractivity contribution is 7.07. The van der Waals surface area contributed by atoms with Gasteiger partial charge in [0, 0.05) is 48.5 Å². The molecule has 1 spiro atoms. The molecular formula is C27H29N5O6S. The molecule has 2 atom stereocenters. The molecular weight excluding hydrogens is 522 g/mol. The van der Waals surface area contributed by atoms with E-state index in [4.69, 9.17) is 14.0 Å². The zero-order valence-electron chi connectivity index (χ0n) is 21.8. The number of nitrogens with zero attached hydrogens (tertiary/aromatic N) is 4. The second kappa shape index (κ2) is 9.99. The molecule has 12 heteroatoms. The zero-order chi connectivity index (χ0) is 27.1. The van der Waals surface area contributed by atoms with Gasteiger partial charge in [0.05, 0.1) is 31.0 Å². The van der Waals surface area contributed by atoms with Crippen LogP contribution in [-0.4, -0.2) is 83.6 Å². The maximum absolute atomic E-state index is 13.6. The Balaban J connectivity index is 1.32. The molecule has 3 amide bonds. The number of ether oxygens (including phenoxy) is 2. The van der Waals surface area contributed by atoms with Gasteiger partial charge in [0.2, 0.25) is 5.91 Å². The van der Waals surface area contributed by atoms with Gasteiger partial charge in [-0.05, 0) is 26.3 Å². The quantitative estimate of drug-likeness (QED) is 0.515. The fraction of sp³-hybridized carbons (Fsp3) is 0.444. The minimum Gasteiger partial charge on any atom is -0.490 e. The van der Waals surface area contributed by atoms with E-state index >= 15 is 0 Å². The van der Waals surface area contributed by atoms with Crippen molar-refractivity contribution in [3.63, 3.8) is 0 Å². The van der Waals surface area contributed by atoms with Gasteiger partial charge < -0.3 is 29.1 Å². The fourth-order valence-electron chi connectivity index (χ4n) is 5.84. The highest BCUT2D eigenvalue weighted by Crippen LogP contribution is 2.52. The number of carbonyl (C=O) groups excluding carboxylic acids is 3. The number of thiazole rings is 1. The summed E-state index contributed by atoms with van der Waals surface area (Å²) in [6.07, 6.45) is 0.528. The average molecular weight is 552 g/mol. The summed E-state index contributed by atoms with van der Waals surface area (Å²) >= 11 is 1.33. The second-order valence-electron chi connectivity index (χ2n) is 10.3. The summed E-state index contributed by atoms with van der Waals surface area (Å²) in [7, 11) is 0. The van der Waals surface area contributed by atoms with Crippen LogP contribution in [0.1, 0.15) is 50.2 Å². The lowest BCUT2D eigenvalue weighted by Crippen LogP contribution is -2.50. The van der Waals surface area contributed by atoms with Crippen molar-refractivity contribution in [1.29, 1.82) is 0 Å². The van der Waals surface area contributed by atoms with Crippen LogP contribution in [0, 0.1) is 19.3 Å². The molecule has 2 aromatic heterocycles. The van der Waals surface area contributed by atoms with E-state index in [0.717, 1.165) is 5.56 Å². The Kier molecular flexibility index (Phi) is 6.49. The number of aromatic nitrogens is 2. The maximum atomic E-state index is 13.6. The van der Waals surface area contributed by atoms with E-state index in [1.165, 1.54) is 16.2 Å². The Morgan fingerprint density at radius 1 is 1.18 bits per heavy atom. The molecule has 204 valence electrons. The minimum atomic E-state index is -0.566. The van der Waals surface area contributed by atoms with Crippen LogP contribution >= 0.6 is 11.3 Å². The minimum absolute atomic E-state index is 0.0924. The molecule has 7 rings (SSSR count). The van der Waals surface area contributed by atoms with E-state index in [9.17, 15) is 14.4 Å². The van der Waals surface area contributed by atoms with E-state index in [1.54, 1.807) is 29.6 Å². The second-order valence-corrected chi connectivity index (χ2v) is 11.1. The molecule has 6 heterocycles. The third-order valence-corrected chi connectivity index (χ3v) is 8.40. The first-order valence-electron chi connectivity index (χ1n) is 12.9. The summed E-state index contributed by atoms with van der Waals surface area (Å²) in [5.41, 5.74) is 3.32. The van der Waals surface area contributed by atoms with Crippen LogP contribution in [-0.2, 0) is 4.79 Å². The van der Waals surface area contributed by atoms with Gasteiger partial charge in [0.1, 0.15) is 17.0 Å². The van der Waals surface area contributed by atoms with E-state index in [1.807, 2.05) is 18.2 Å². The van der Waals surface area contributed by atoms with Crippen LogP contribution in [0.3, 0.4) is 0 Å². The van der Waals surface area contributed by atoms with Crippen molar-refractivity contribution in [1.82, 2.24) is 25.3 Å². The van der Waals surface area contributed by atoms with Gasteiger partial charge in [-0.3, -0.25) is 14.4 Å². The fourth-order valence-corrected chi connectivity index (χ4v) is 6.37. The Labute approximate surface area is 229 Å². The highest BCUT2D eigenvalue weighted by atomic mass is 32.1. The van der Waals surface area contributed by atoms with E-state index < -0.39 is 5.41 Å². The van der Waals surface area contributed by atoms with Gasteiger partial charge >= 0.3 is 0 Å². The first kappa shape index (κ1) is 25.4. The average Bonchev–Trinajstić information content (AvgIpc) is 3.67. The number of rotatable bonds is 2. The molecule has 0 aliphatic carbocycles. The smallest absolute Gasteiger partial charge is 0.273 e. The number of likely N-dealkylation sites (tertiary alicyclic amines) is 1. The molecule has 0 unspecified atom stereocenters. The number of amides is 3. The van der Waals surface area contributed by atoms with Crippen LogP contribution in [0.5, 0.6) is 11.5 Å². The van der Waals surface area contributed by atoms with Crippen molar-refractivity contribution in [2.75, 3.05) is 45.9 Å². The monoisotopic (exact) mass is 551 g/mol. The van der Waals surface area contributed by atoms with E-state index in [0.29, 0.717) is 73.5 Å². The molecule has 0 saturated carbocycles. The van der Waals surface area contributed by atoms with Crippen LogP contribution in [0.15, 0.2) is 33.6 Å². The largest absolute Gasteiger partial charge is 0.490 e. The van der Waals surface area contributed by atoms with Crippen molar-refractivity contribution in [3.05, 3.63) is 57.4 Å². The number of nitrogens with one attached hydrogen (secondary N) is 1. The molecule has 1 aromatic carbocycles. The molecule has 11 nitrogen and oxygen atoms in total. The first-order chi connectivity index (χ1) is 18.9. The Morgan fingerprint density at radius 3 is 2.82 bits per heavy atom. The Bertz CT molecular complexity index is 1400. The lowest BCUT2D eigenvalue weighted by atomic mass is 9.73. The SMILES string of the molecule is Cc1noc(C)c1C(=O)N1C[C@H]2c3cccc4c3OC[C@@]2(CNC(=O)CN(C(=O)c2cscn2)CCCO4)C1. The van der Waals surface area contributed by atoms with Crippen LogP contribution in [0.2, 0.25) is 0 Å². The normalized spacial score (nSPS) is 22.9. The Morgan fingerprint density at radius 2 is 2.05 bits per heavy atom. The van der Waals surface area contributed by atoms with Crippen molar-refractivity contribution < 1.29 is 28.4 Å². The summed E-state index contributed by atoms with van der Waals surface area (Å²) in [6.45, 7) is 5.49. The number of hydrogen-bond acceptors (Lipinski definition) is 9. The van der Waals surface area contributed by atoms with Gasteiger partial charge in [-0.25, -0.2) is 4.98 Å². The predicted octanol–water partition coefficient (Wildman–Crippen LogP) is 2.41. The molecule has 4 bridgehead atoms. The van der Waals surface area contributed by atoms with Gasteiger partial charge in [0.15, 0.2) is 11.5 Å². The summed E-state index contributed by atoms with van der Waals surface area (Å²) < 4.78 is 17.7. The van der Waals surface area contributed by atoms with Crippen LogP contribution < -0.4 is 14.8 Å². The molecule has 39 heavy (non-hydrogen) atoms. The molecule has 1 fully saturated rings. The van der Waals surface area contributed by atoms with Crippen molar-refractivity contribution in [2.24, 2.45) is 5.41 Å². The molecule has 0 radical (unpaired) electrons. The number of hydrogen-bond donors (Lipinski definition) is 1. The standard InChI is InChI=1S/C27H29N5O6S/c1-16-23(17(2)38-30-16)26(35)32-9-19-18-5-3-6-21-24(18)37-14-27(19,13-32)12-28-22(33)10-31(7-4-8-36-21)25(34)20-11-39-15-29-20/h3,5-6,11,15,19H,4,7-10,12-14H2,1-2H3,(H,28,33)/t19-,27+/m0/s1. The topological polar surface area (TPSA) is 127 Å². The van der Waals surface area contributed by atoms with E-state index in [-0.39, 0.29) is 36.7 Å². The number of carbonyl (C=O) groups is 3. The van der Waals surface area contributed by atoms with Gasteiger partial charge in [-0.15, -0.1) is 11.3 Å². The van der Waals surface area contributed by atoms with Crippen molar-refractivity contribution >= 4 is 29.1 Å². The van der Waals surface area contributed by atoms with Gasteiger partial charge in [-0.2, -0.15) is 0 Å². The number of para-hydroxylation sites is 1. The summed E-state index contributed by atoms with van der Waals surface area (Å²) in [5.74, 6) is 0.966. The number of fused-ring (bicyclic) bond motifs is 9. The molecule has 4 aliphatic rings. The van der Waals surface area contributed by atoms with E-state index in [2.05, 4.69) is 15.5 Å². The zero-order valence-corrected chi connectivity index (χ0v) is 22.6. The van der Waals surface area contributed by atoms with Crippen LogP contribution in [0.4, 0.5) is 0 Å². The summed E-state index contributed by atoms with van der Waals surface area (Å²) in [6, 6.07) is 5.81. The van der Waals surface area contributed by atoms with Crippen molar-refractivity contribution in [3.8, 4) is 11.5 Å². The maximum Gasteiger partial charge on any atom is 0.273 e. The van der Waals surface area contributed by atoms with Crippen LogP contribution in [0.25, 0.3) is 0 Å². The summed E-state index contributed by atoms with van der Waals surface area (Å²) in [4.78, 5) is 47.3. The molecule has 4 aliphatic heterocycles. The Hall–Kier alpha value is -3.93. The molecule has 1 N–H and O–H groups in total. The number of aryl methyl sites for hydroxylation is 2.